The van der Waals surface area contributed by atoms with Gasteiger partial charge in [0.2, 0.25) is 11.8 Å². The van der Waals surface area contributed by atoms with Gasteiger partial charge >= 0.3 is 0 Å². The van der Waals surface area contributed by atoms with Crippen molar-refractivity contribution in [3.05, 3.63) is 90.2 Å². The Hall–Kier alpha value is -3.92. The van der Waals surface area contributed by atoms with Crippen LogP contribution >= 0.6 is 0 Å². The Balaban J connectivity index is 1.71. The first kappa shape index (κ1) is 29.1. The van der Waals surface area contributed by atoms with Crippen molar-refractivity contribution in [2.45, 2.75) is 56.1 Å². The molecule has 0 aromatic heterocycles. The monoisotopic (exact) mass is 567 g/mol. The minimum atomic E-state index is -4.23. The molecule has 212 valence electrons. The molecule has 40 heavy (non-hydrogen) atoms. The maximum atomic E-state index is 14.7. The zero-order valence-electron chi connectivity index (χ0n) is 22.6. The number of sulfonamides is 1. The molecule has 0 saturated heterocycles. The Kier molecular flexibility index (Phi) is 9.42. The number of anilines is 1. The molecule has 1 saturated carbocycles. The minimum absolute atomic E-state index is 0.0126. The summed E-state index contributed by atoms with van der Waals surface area (Å²) >= 11 is 0. The standard InChI is InChI=1S/C30H34FN3O5S/c1-22(30(36)32-24-13-7-8-14-24)33(20-23-12-6-9-17-26(23)31)29(35)21-34(27-18-10-11-19-28(27)39-2)40(37,38)25-15-4-3-5-16-25/h3-6,9-12,15-19,22,24H,7-8,13-14,20-21H2,1-2H3,(H,32,36). The second-order valence-electron chi connectivity index (χ2n) is 9.78. The molecule has 1 N–H and O–H groups in total. The summed E-state index contributed by atoms with van der Waals surface area (Å²) in [5.41, 5.74) is 0.377. The van der Waals surface area contributed by atoms with Crippen LogP contribution < -0.4 is 14.4 Å². The number of hydrogen-bond acceptors (Lipinski definition) is 5. The molecule has 0 heterocycles. The zero-order valence-corrected chi connectivity index (χ0v) is 23.4. The number of carbonyl (C=O) groups excluding carboxylic acids is 2. The lowest BCUT2D eigenvalue weighted by atomic mass is 10.1. The third kappa shape index (κ3) is 6.62. The summed E-state index contributed by atoms with van der Waals surface area (Å²) < 4.78 is 48.8. The fourth-order valence-electron chi connectivity index (χ4n) is 4.85. The summed E-state index contributed by atoms with van der Waals surface area (Å²) in [4.78, 5) is 28.4. The number of halogens is 1. The summed E-state index contributed by atoms with van der Waals surface area (Å²) in [6.07, 6.45) is 3.75. The Bertz CT molecular complexity index is 1430. The van der Waals surface area contributed by atoms with Crippen LogP contribution in [0.2, 0.25) is 0 Å². The van der Waals surface area contributed by atoms with Gasteiger partial charge in [-0.1, -0.05) is 61.4 Å². The number of amides is 2. The second kappa shape index (κ2) is 13.0. The van der Waals surface area contributed by atoms with Crippen molar-refractivity contribution in [1.82, 2.24) is 10.2 Å². The van der Waals surface area contributed by atoms with Crippen molar-refractivity contribution in [3.8, 4) is 5.75 Å². The number of rotatable bonds is 11. The Morgan fingerprint density at radius 3 is 2.27 bits per heavy atom. The number of nitrogens with one attached hydrogen (secondary N) is 1. The normalized spacial score (nSPS) is 14.4. The van der Waals surface area contributed by atoms with E-state index < -0.39 is 34.3 Å². The topological polar surface area (TPSA) is 96.0 Å². The SMILES string of the molecule is COc1ccccc1N(CC(=O)N(Cc1ccccc1F)C(C)C(=O)NC1CCCC1)S(=O)(=O)c1ccccc1. The van der Waals surface area contributed by atoms with Crippen LogP contribution in [0.5, 0.6) is 5.75 Å². The van der Waals surface area contributed by atoms with Crippen molar-refractivity contribution in [2.75, 3.05) is 18.0 Å². The average molecular weight is 568 g/mol. The van der Waals surface area contributed by atoms with Crippen LogP contribution in [0.1, 0.15) is 38.2 Å². The molecule has 1 fully saturated rings. The fourth-order valence-corrected chi connectivity index (χ4v) is 6.30. The smallest absolute Gasteiger partial charge is 0.264 e. The fraction of sp³-hybridized carbons (Fsp3) is 0.333. The number of hydrogen-bond donors (Lipinski definition) is 1. The van der Waals surface area contributed by atoms with E-state index in [0.29, 0.717) is 0 Å². The van der Waals surface area contributed by atoms with E-state index in [-0.39, 0.29) is 40.4 Å². The highest BCUT2D eigenvalue weighted by atomic mass is 32.2. The maximum Gasteiger partial charge on any atom is 0.264 e. The van der Waals surface area contributed by atoms with Crippen molar-refractivity contribution < 1.29 is 27.1 Å². The van der Waals surface area contributed by atoms with Gasteiger partial charge in [-0.2, -0.15) is 0 Å². The largest absolute Gasteiger partial charge is 0.495 e. The van der Waals surface area contributed by atoms with E-state index in [2.05, 4.69) is 5.32 Å². The average Bonchev–Trinajstić information content (AvgIpc) is 3.48. The summed E-state index contributed by atoms with van der Waals surface area (Å²) in [5, 5.41) is 3.00. The molecule has 3 aromatic carbocycles. The third-order valence-corrected chi connectivity index (χ3v) is 8.91. The second-order valence-corrected chi connectivity index (χ2v) is 11.6. The summed E-state index contributed by atoms with van der Waals surface area (Å²) in [5.74, 6) is -1.31. The number of ether oxygens (including phenoxy) is 1. The van der Waals surface area contributed by atoms with Gasteiger partial charge in [0.05, 0.1) is 17.7 Å². The zero-order chi connectivity index (χ0) is 28.7. The molecule has 1 atom stereocenters. The van der Waals surface area contributed by atoms with E-state index in [9.17, 15) is 22.4 Å². The van der Waals surface area contributed by atoms with Crippen molar-refractivity contribution in [2.24, 2.45) is 0 Å². The van der Waals surface area contributed by atoms with Gasteiger partial charge in [0, 0.05) is 18.2 Å². The van der Waals surface area contributed by atoms with Crippen molar-refractivity contribution in [3.63, 3.8) is 0 Å². The van der Waals surface area contributed by atoms with Gasteiger partial charge in [0.1, 0.15) is 24.2 Å². The Labute approximate surface area is 234 Å². The summed E-state index contributed by atoms with van der Waals surface area (Å²) in [6, 6.07) is 19.3. The maximum absolute atomic E-state index is 14.7. The molecular formula is C30H34FN3O5S. The number of nitrogens with zero attached hydrogens (tertiary/aromatic N) is 2. The van der Waals surface area contributed by atoms with Gasteiger partial charge in [-0.15, -0.1) is 0 Å². The molecular weight excluding hydrogens is 533 g/mol. The van der Waals surface area contributed by atoms with Crippen molar-refractivity contribution >= 4 is 27.5 Å². The summed E-state index contributed by atoms with van der Waals surface area (Å²) in [7, 11) is -2.82. The molecule has 0 radical (unpaired) electrons. The van der Waals surface area contributed by atoms with Crippen LogP contribution in [-0.4, -0.2) is 50.9 Å². The van der Waals surface area contributed by atoms with Crippen LogP contribution in [0.4, 0.5) is 10.1 Å². The van der Waals surface area contributed by atoms with Gasteiger partial charge < -0.3 is 15.0 Å². The molecule has 1 aliphatic rings. The van der Waals surface area contributed by atoms with Crippen LogP contribution in [0.15, 0.2) is 83.8 Å². The lowest BCUT2D eigenvalue weighted by Gasteiger charge is -2.33. The number of para-hydroxylation sites is 2. The minimum Gasteiger partial charge on any atom is -0.495 e. The number of benzene rings is 3. The predicted octanol–water partition coefficient (Wildman–Crippen LogP) is 4.51. The van der Waals surface area contributed by atoms with E-state index in [1.807, 2.05) is 0 Å². The van der Waals surface area contributed by atoms with Gasteiger partial charge in [0.25, 0.3) is 10.0 Å². The van der Waals surface area contributed by atoms with Gasteiger partial charge in [-0.05, 0) is 50.1 Å². The molecule has 0 bridgehead atoms. The Morgan fingerprint density at radius 1 is 0.975 bits per heavy atom. The lowest BCUT2D eigenvalue weighted by molar-refractivity contribution is -0.139. The molecule has 2 amide bonds. The first-order chi connectivity index (χ1) is 19.2. The quantitative estimate of drug-likeness (QED) is 0.368. The van der Waals surface area contributed by atoms with Crippen molar-refractivity contribution in [1.29, 1.82) is 0 Å². The highest BCUT2D eigenvalue weighted by Crippen LogP contribution is 2.32. The van der Waals surface area contributed by atoms with Crippen LogP contribution in [-0.2, 0) is 26.2 Å². The first-order valence-corrected chi connectivity index (χ1v) is 14.7. The van der Waals surface area contributed by atoms with E-state index >= 15 is 0 Å². The molecule has 10 heteroatoms. The van der Waals surface area contributed by atoms with Crippen LogP contribution in [0, 0.1) is 5.82 Å². The molecule has 8 nitrogen and oxygen atoms in total. The Morgan fingerprint density at radius 2 is 1.60 bits per heavy atom. The van der Waals surface area contributed by atoms with Crippen LogP contribution in [0.25, 0.3) is 0 Å². The number of carbonyl (C=O) groups is 2. The van der Waals surface area contributed by atoms with Crippen LogP contribution in [0.3, 0.4) is 0 Å². The van der Waals surface area contributed by atoms with Gasteiger partial charge in [-0.25, -0.2) is 12.8 Å². The molecule has 4 rings (SSSR count). The number of methoxy groups -OCH3 is 1. The summed E-state index contributed by atoms with van der Waals surface area (Å²) in [6.45, 7) is 0.727. The van der Waals surface area contributed by atoms with Gasteiger partial charge in [-0.3, -0.25) is 13.9 Å². The highest BCUT2D eigenvalue weighted by molar-refractivity contribution is 7.92. The van der Waals surface area contributed by atoms with E-state index in [1.165, 1.54) is 42.3 Å². The third-order valence-electron chi connectivity index (χ3n) is 7.13. The molecule has 1 aliphatic carbocycles. The highest BCUT2D eigenvalue weighted by Gasteiger charge is 2.34. The molecule has 0 spiro atoms. The van der Waals surface area contributed by atoms with E-state index in [4.69, 9.17) is 4.74 Å². The lowest BCUT2D eigenvalue weighted by Crippen LogP contribution is -2.52. The molecule has 0 aliphatic heterocycles. The molecule has 1 unspecified atom stereocenters. The predicted molar refractivity (Wildman–Crippen MR) is 151 cm³/mol. The van der Waals surface area contributed by atoms with E-state index in [0.717, 1.165) is 30.0 Å². The molecule has 3 aromatic rings. The van der Waals surface area contributed by atoms with E-state index in [1.54, 1.807) is 55.5 Å². The first-order valence-electron chi connectivity index (χ1n) is 13.3. The van der Waals surface area contributed by atoms with Gasteiger partial charge in [0.15, 0.2) is 0 Å².